The third-order valence-electron chi connectivity index (χ3n) is 5.69. The Morgan fingerprint density at radius 1 is 1.00 bits per heavy atom. The Morgan fingerprint density at radius 3 is 2.29 bits per heavy atom. The van der Waals surface area contributed by atoms with Crippen LogP contribution in [0.3, 0.4) is 0 Å². The molecule has 3 aromatic carbocycles. The van der Waals surface area contributed by atoms with E-state index in [4.69, 9.17) is 23.2 Å². The number of rotatable bonds is 10. The minimum Gasteiger partial charge on any atom is -0.357 e. The average molecular weight is 579 g/mol. The zero-order valence-electron chi connectivity index (χ0n) is 20.4. The number of amides is 2. The van der Waals surface area contributed by atoms with E-state index in [-0.39, 0.29) is 27.8 Å². The fourth-order valence-electron chi connectivity index (χ4n) is 3.64. The summed E-state index contributed by atoms with van der Waals surface area (Å²) in [5.41, 5.74) is 0.115. The van der Waals surface area contributed by atoms with Gasteiger partial charge < -0.3 is 10.2 Å². The molecule has 0 spiro atoms. The van der Waals surface area contributed by atoms with Crippen LogP contribution in [0.15, 0.2) is 77.7 Å². The van der Waals surface area contributed by atoms with Gasteiger partial charge in [0.1, 0.15) is 12.6 Å². The van der Waals surface area contributed by atoms with Gasteiger partial charge in [0.05, 0.1) is 25.6 Å². The molecule has 13 heteroatoms. The van der Waals surface area contributed by atoms with Gasteiger partial charge in [-0.2, -0.15) is 0 Å². The molecule has 3 rings (SSSR count). The van der Waals surface area contributed by atoms with Crippen molar-refractivity contribution in [1.29, 1.82) is 0 Å². The molecule has 0 heterocycles. The van der Waals surface area contributed by atoms with Crippen molar-refractivity contribution in [2.45, 2.75) is 24.4 Å². The lowest BCUT2D eigenvalue weighted by Crippen LogP contribution is -2.50. The largest absolute Gasteiger partial charge is 0.357 e. The van der Waals surface area contributed by atoms with Crippen molar-refractivity contribution in [3.05, 3.63) is 98.5 Å². The maximum absolute atomic E-state index is 13.7. The number of carbonyl (C=O) groups is 2. The molecule has 200 valence electrons. The number of hydrogen-bond acceptors (Lipinski definition) is 6. The summed E-state index contributed by atoms with van der Waals surface area (Å²) in [6, 6.07) is 16.1. The van der Waals surface area contributed by atoms with E-state index in [0.717, 1.165) is 10.4 Å². The van der Waals surface area contributed by atoms with Gasteiger partial charge in [-0.25, -0.2) is 8.42 Å². The molecule has 3 aromatic rings. The number of benzene rings is 3. The first kappa shape index (κ1) is 28.9. The van der Waals surface area contributed by atoms with Crippen LogP contribution in [-0.4, -0.2) is 49.7 Å². The molecule has 0 aromatic heterocycles. The number of nitro groups is 1. The van der Waals surface area contributed by atoms with Crippen LogP contribution in [-0.2, 0) is 26.2 Å². The summed E-state index contributed by atoms with van der Waals surface area (Å²) in [5, 5.41) is 14.4. The highest BCUT2D eigenvalue weighted by Crippen LogP contribution is 2.28. The Kier molecular flexibility index (Phi) is 9.31. The van der Waals surface area contributed by atoms with Crippen LogP contribution < -0.4 is 9.62 Å². The third kappa shape index (κ3) is 6.60. The zero-order chi connectivity index (χ0) is 28.0. The first-order chi connectivity index (χ1) is 17.9. The highest BCUT2D eigenvalue weighted by atomic mass is 35.5. The number of hydrogen-bond donors (Lipinski definition) is 1. The smallest absolute Gasteiger partial charge is 0.271 e. The fourth-order valence-corrected chi connectivity index (χ4v) is 5.38. The van der Waals surface area contributed by atoms with Gasteiger partial charge >= 0.3 is 0 Å². The van der Waals surface area contributed by atoms with Gasteiger partial charge in [-0.05, 0) is 42.8 Å². The molecule has 0 saturated heterocycles. The molecular weight excluding hydrogens is 555 g/mol. The molecule has 0 aliphatic heterocycles. The number of likely N-dealkylation sites (N-methyl/N-ethyl adjacent to an activating group) is 1. The number of nitro benzene ring substituents is 1. The van der Waals surface area contributed by atoms with Gasteiger partial charge in [0.15, 0.2) is 0 Å². The lowest BCUT2D eigenvalue weighted by atomic mass is 10.1. The lowest BCUT2D eigenvalue weighted by molar-refractivity contribution is -0.384. The van der Waals surface area contributed by atoms with Gasteiger partial charge in [-0.3, -0.25) is 24.0 Å². The SMILES string of the molecule is CNC(=O)[C@H](C)N(Cc1ccc(Cl)c(Cl)c1)C(=O)CN(c1cccc([N+](=O)[O-])c1)S(=O)(=O)c1ccccc1. The first-order valence-corrected chi connectivity index (χ1v) is 13.4. The Morgan fingerprint density at radius 2 is 1.68 bits per heavy atom. The number of sulfonamides is 1. The molecule has 0 saturated carbocycles. The number of nitrogens with zero attached hydrogens (tertiary/aromatic N) is 3. The molecule has 0 aliphatic carbocycles. The Hall–Kier alpha value is -3.67. The summed E-state index contributed by atoms with van der Waals surface area (Å²) in [5.74, 6) is -1.20. The van der Waals surface area contributed by atoms with Crippen molar-refractivity contribution in [1.82, 2.24) is 10.2 Å². The van der Waals surface area contributed by atoms with Crippen LogP contribution in [0.4, 0.5) is 11.4 Å². The van der Waals surface area contributed by atoms with Gasteiger partial charge in [0.25, 0.3) is 15.7 Å². The Bertz CT molecular complexity index is 1450. The summed E-state index contributed by atoms with van der Waals surface area (Å²) in [7, 11) is -2.93. The molecule has 2 amide bonds. The van der Waals surface area contributed by atoms with E-state index in [1.54, 1.807) is 24.3 Å². The predicted octanol–water partition coefficient (Wildman–Crippen LogP) is 4.26. The summed E-state index contributed by atoms with van der Waals surface area (Å²) >= 11 is 12.1. The first-order valence-electron chi connectivity index (χ1n) is 11.2. The average Bonchev–Trinajstić information content (AvgIpc) is 2.91. The van der Waals surface area contributed by atoms with Gasteiger partial charge in [0.2, 0.25) is 11.8 Å². The van der Waals surface area contributed by atoms with Crippen LogP contribution in [0.1, 0.15) is 12.5 Å². The second kappa shape index (κ2) is 12.2. The molecule has 10 nitrogen and oxygen atoms in total. The maximum Gasteiger partial charge on any atom is 0.271 e. The molecular formula is C25H24Cl2N4O6S. The normalized spacial score (nSPS) is 11.9. The summed E-state index contributed by atoms with van der Waals surface area (Å²) in [4.78, 5) is 38.0. The van der Waals surface area contributed by atoms with Crippen LogP contribution in [0.2, 0.25) is 10.0 Å². The van der Waals surface area contributed by atoms with Crippen LogP contribution in [0.5, 0.6) is 0 Å². The zero-order valence-corrected chi connectivity index (χ0v) is 22.7. The number of non-ortho nitro benzene ring substituents is 1. The van der Waals surface area contributed by atoms with Crippen molar-refractivity contribution in [2.24, 2.45) is 0 Å². The topological polar surface area (TPSA) is 130 Å². The van der Waals surface area contributed by atoms with E-state index in [1.807, 2.05) is 0 Å². The molecule has 0 fully saturated rings. The van der Waals surface area contributed by atoms with Crippen LogP contribution in [0.25, 0.3) is 0 Å². The van der Waals surface area contributed by atoms with E-state index < -0.39 is 39.3 Å². The van der Waals surface area contributed by atoms with E-state index in [2.05, 4.69) is 5.32 Å². The lowest BCUT2D eigenvalue weighted by Gasteiger charge is -2.31. The van der Waals surface area contributed by atoms with Crippen molar-refractivity contribution < 1.29 is 22.9 Å². The van der Waals surface area contributed by atoms with Crippen molar-refractivity contribution in [3.8, 4) is 0 Å². The Labute approximate surface area is 230 Å². The summed E-state index contributed by atoms with van der Waals surface area (Å²) in [6.07, 6.45) is 0. The van der Waals surface area contributed by atoms with Crippen LogP contribution >= 0.6 is 23.2 Å². The standard InChI is InChI=1S/C25H24Cl2N4O6S/c1-17(25(33)28-2)29(15-18-11-12-22(26)23(27)13-18)24(32)16-30(19-7-6-8-20(14-19)31(34)35)38(36,37)21-9-4-3-5-10-21/h3-14,17H,15-16H2,1-2H3,(H,28,33)/t17-/m0/s1. The van der Waals surface area contributed by atoms with Gasteiger partial charge in [-0.1, -0.05) is 53.5 Å². The van der Waals surface area contributed by atoms with E-state index in [9.17, 15) is 28.1 Å². The van der Waals surface area contributed by atoms with Gasteiger partial charge in [-0.15, -0.1) is 0 Å². The van der Waals surface area contributed by atoms with Crippen LogP contribution in [0, 0.1) is 10.1 Å². The van der Waals surface area contributed by atoms with Crippen molar-refractivity contribution >= 4 is 56.4 Å². The number of anilines is 1. The van der Waals surface area contributed by atoms with Gasteiger partial charge in [0, 0.05) is 25.7 Å². The van der Waals surface area contributed by atoms with E-state index in [1.165, 1.54) is 61.3 Å². The van der Waals surface area contributed by atoms with Crippen molar-refractivity contribution in [2.75, 3.05) is 17.9 Å². The number of nitrogens with one attached hydrogen (secondary N) is 1. The Balaban J connectivity index is 2.07. The second-order valence-corrected chi connectivity index (χ2v) is 10.8. The number of halogens is 2. The van der Waals surface area contributed by atoms with E-state index >= 15 is 0 Å². The second-order valence-electron chi connectivity index (χ2n) is 8.16. The number of carbonyl (C=O) groups excluding carboxylic acids is 2. The molecule has 38 heavy (non-hydrogen) atoms. The van der Waals surface area contributed by atoms with E-state index in [0.29, 0.717) is 10.6 Å². The molecule has 0 aliphatic rings. The monoisotopic (exact) mass is 578 g/mol. The molecule has 1 N–H and O–H groups in total. The predicted molar refractivity (Wildman–Crippen MR) is 145 cm³/mol. The molecule has 0 unspecified atom stereocenters. The third-order valence-corrected chi connectivity index (χ3v) is 8.22. The fraction of sp³-hybridized carbons (Fsp3) is 0.200. The highest BCUT2D eigenvalue weighted by Gasteiger charge is 2.32. The maximum atomic E-state index is 13.7. The van der Waals surface area contributed by atoms with Crippen molar-refractivity contribution in [3.63, 3.8) is 0 Å². The quantitative estimate of drug-likeness (QED) is 0.282. The highest BCUT2D eigenvalue weighted by molar-refractivity contribution is 7.92. The molecule has 0 radical (unpaired) electrons. The molecule has 0 bridgehead atoms. The molecule has 1 atom stereocenters. The minimum absolute atomic E-state index is 0.0847. The summed E-state index contributed by atoms with van der Waals surface area (Å²) in [6.45, 7) is 0.678. The minimum atomic E-state index is -4.34. The summed E-state index contributed by atoms with van der Waals surface area (Å²) < 4.78 is 28.1.